The molecule has 1 saturated carbocycles. The van der Waals surface area contributed by atoms with Crippen molar-refractivity contribution in [2.75, 3.05) is 39.8 Å². The van der Waals surface area contributed by atoms with E-state index in [0.29, 0.717) is 6.61 Å². The Balaban J connectivity index is 2.17. The van der Waals surface area contributed by atoms with Crippen LogP contribution in [0.4, 0.5) is 0 Å². The Morgan fingerprint density at radius 3 is 2.35 bits per heavy atom. The molecular weight excluding hydrogens is 212 g/mol. The molecule has 0 radical (unpaired) electrons. The summed E-state index contributed by atoms with van der Waals surface area (Å²) in [6.45, 7) is 6.76. The average molecular weight is 242 g/mol. The maximum Gasteiger partial charge on any atom is 0.0558 e. The summed E-state index contributed by atoms with van der Waals surface area (Å²) in [5.74, 6) is 1.82. The van der Waals surface area contributed by atoms with E-state index in [1.807, 2.05) is 7.05 Å². The quantitative estimate of drug-likeness (QED) is 0.680. The number of nitrogens with zero attached hydrogens (tertiary/aromatic N) is 1. The summed E-state index contributed by atoms with van der Waals surface area (Å²) in [4.78, 5) is 2.39. The molecule has 0 saturated heterocycles. The van der Waals surface area contributed by atoms with Crippen LogP contribution in [0.1, 0.15) is 39.0 Å². The molecule has 3 nitrogen and oxygen atoms in total. The van der Waals surface area contributed by atoms with Crippen molar-refractivity contribution < 1.29 is 5.11 Å². The molecule has 1 aliphatic rings. The van der Waals surface area contributed by atoms with Crippen LogP contribution in [0.2, 0.25) is 0 Å². The molecule has 17 heavy (non-hydrogen) atoms. The van der Waals surface area contributed by atoms with Crippen molar-refractivity contribution in [3.8, 4) is 0 Å². The highest BCUT2D eigenvalue weighted by Crippen LogP contribution is 2.30. The van der Waals surface area contributed by atoms with Crippen molar-refractivity contribution in [3.63, 3.8) is 0 Å². The topological polar surface area (TPSA) is 35.5 Å². The van der Waals surface area contributed by atoms with Gasteiger partial charge in [0.15, 0.2) is 0 Å². The van der Waals surface area contributed by atoms with Crippen molar-refractivity contribution in [3.05, 3.63) is 0 Å². The van der Waals surface area contributed by atoms with Gasteiger partial charge in [-0.2, -0.15) is 0 Å². The van der Waals surface area contributed by atoms with Crippen LogP contribution in [-0.2, 0) is 0 Å². The van der Waals surface area contributed by atoms with Crippen LogP contribution in [-0.4, -0.2) is 49.8 Å². The molecule has 1 aliphatic carbocycles. The number of hydrogen-bond acceptors (Lipinski definition) is 3. The summed E-state index contributed by atoms with van der Waals surface area (Å²) in [7, 11) is 2.04. The Kier molecular flexibility index (Phi) is 7.82. The highest BCUT2D eigenvalue weighted by Gasteiger charge is 2.22. The molecule has 0 unspecified atom stereocenters. The maximum absolute atomic E-state index is 8.99. The lowest BCUT2D eigenvalue weighted by Crippen LogP contribution is -2.33. The third kappa shape index (κ3) is 5.84. The molecule has 0 heterocycles. The zero-order valence-electron chi connectivity index (χ0n) is 11.6. The first-order chi connectivity index (χ1) is 8.30. The number of rotatable bonds is 8. The number of hydrogen-bond donors (Lipinski definition) is 2. The Morgan fingerprint density at radius 1 is 1.18 bits per heavy atom. The van der Waals surface area contributed by atoms with Gasteiger partial charge in [0.05, 0.1) is 6.61 Å². The second-order valence-electron chi connectivity index (χ2n) is 5.40. The second-order valence-corrected chi connectivity index (χ2v) is 5.40. The van der Waals surface area contributed by atoms with E-state index in [4.69, 9.17) is 5.11 Å². The zero-order chi connectivity index (χ0) is 12.5. The predicted octanol–water partition coefficient (Wildman–Crippen LogP) is 1.72. The molecule has 3 heteroatoms. The van der Waals surface area contributed by atoms with E-state index in [1.165, 1.54) is 45.2 Å². The van der Waals surface area contributed by atoms with Gasteiger partial charge in [-0.05, 0) is 51.2 Å². The van der Waals surface area contributed by atoms with Gasteiger partial charge in [-0.15, -0.1) is 0 Å². The number of aliphatic hydroxyl groups is 1. The van der Waals surface area contributed by atoms with Gasteiger partial charge < -0.3 is 15.3 Å². The minimum atomic E-state index is 0.297. The summed E-state index contributed by atoms with van der Waals surface area (Å²) in [5.41, 5.74) is 0. The molecule has 0 aromatic carbocycles. The third-order valence-corrected chi connectivity index (χ3v) is 4.15. The fourth-order valence-corrected chi connectivity index (χ4v) is 2.94. The zero-order valence-corrected chi connectivity index (χ0v) is 11.6. The standard InChI is InChI=1S/C14H30N2O/c1-3-16(10-11-17)12-14-6-4-13(5-7-14)8-9-15-2/h13-15,17H,3-12H2,1-2H3. The highest BCUT2D eigenvalue weighted by atomic mass is 16.3. The van der Waals surface area contributed by atoms with E-state index in [1.54, 1.807) is 0 Å². The number of likely N-dealkylation sites (N-methyl/N-ethyl adjacent to an activating group) is 1. The molecule has 0 bridgehead atoms. The van der Waals surface area contributed by atoms with Gasteiger partial charge in [0.2, 0.25) is 0 Å². The van der Waals surface area contributed by atoms with Crippen LogP contribution >= 0.6 is 0 Å². The fourth-order valence-electron chi connectivity index (χ4n) is 2.94. The highest BCUT2D eigenvalue weighted by molar-refractivity contribution is 4.75. The van der Waals surface area contributed by atoms with E-state index in [-0.39, 0.29) is 0 Å². The van der Waals surface area contributed by atoms with Gasteiger partial charge in [-0.1, -0.05) is 19.8 Å². The lowest BCUT2D eigenvalue weighted by Gasteiger charge is -2.32. The molecule has 1 fully saturated rings. The van der Waals surface area contributed by atoms with Gasteiger partial charge in [0.1, 0.15) is 0 Å². The van der Waals surface area contributed by atoms with Crippen molar-refractivity contribution in [2.45, 2.75) is 39.0 Å². The summed E-state index contributed by atoms with van der Waals surface area (Å²) in [6, 6.07) is 0. The molecule has 1 rings (SSSR count). The van der Waals surface area contributed by atoms with E-state index in [2.05, 4.69) is 17.1 Å². The molecule has 2 N–H and O–H groups in total. The minimum absolute atomic E-state index is 0.297. The van der Waals surface area contributed by atoms with Gasteiger partial charge in [-0.25, -0.2) is 0 Å². The van der Waals surface area contributed by atoms with Gasteiger partial charge >= 0.3 is 0 Å². The maximum atomic E-state index is 8.99. The molecule has 0 aliphatic heterocycles. The predicted molar refractivity (Wildman–Crippen MR) is 73.2 cm³/mol. The van der Waals surface area contributed by atoms with Crippen LogP contribution in [0, 0.1) is 11.8 Å². The lowest BCUT2D eigenvalue weighted by molar-refractivity contribution is 0.153. The smallest absolute Gasteiger partial charge is 0.0558 e. The van der Waals surface area contributed by atoms with E-state index < -0.39 is 0 Å². The Labute approximate surface area is 107 Å². The van der Waals surface area contributed by atoms with Crippen LogP contribution < -0.4 is 5.32 Å². The largest absolute Gasteiger partial charge is 0.395 e. The summed E-state index contributed by atoms with van der Waals surface area (Å²) >= 11 is 0. The molecule has 0 amide bonds. The summed E-state index contributed by atoms with van der Waals surface area (Å²) in [5, 5.41) is 12.2. The molecular formula is C14H30N2O. The second kappa shape index (κ2) is 8.90. The SMILES string of the molecule is CCN(CCO)CC1CCC(CCNC)CC1. The molecule has 102 valence electrons. The van der Waals surface area contributed by atoms with Crippen molar-refractivity contribution >= 4 is 0 Å². The van der Waals surface area contributed by atoms with Gasteiger partial charge in [0, 0.05) is 13.1 Å². The Morgan fingerprint density at radius 2 is 1.82 bits per heavy atom. The summed E-state index contributed by atoms with van der Waals surface area (Å²) < 4.78 is 0. The molecule has 0 aromatic rings. The van der Waals surface area contributed by atoms with Gasteiger partial charge in [0.25, 0.3) is 0 Å². The molecule has 0 aromatic heterocycles. The lowest BCUT2D eigenvalue weighted by atomic mass is 9.80. The molecule has 0 atom stereocenters. The van der Waals surface area contributed by atoms with E-state index >= 15 is 0 Å². The number of nitrogens with one attached hydrogen (secondary N) is 1. The first-order valence-corrected chi connectivity index (χ1v) is 7.28. The van der Waals surface area contributed by atoms with Crippen LogP contribution in [0.5, 0.6) is 0 Å². The third-order valence-electron chi connectivity index (χ3n) is 4.15. The first-order valence-electron chi connectivity index (χ1n) is 7.28. The van der Waals surface area contributed by atoms with Crippen molar-refractivity contribution in [1.29, 1.82) is 0 Å². The van der Waals surface area contributed by atoms with Crippen LogP contribution in [0.25, 0.3) is 0 Å². The van der Waals surface area contributed by atoms with E-state index in [0.717, 1.165) is 24.9 Å². The summed E-state index contributed by atoms with van der Waals surface area (Å²) in [6.07, 6.45) is 6.93. The Hall–Kier alpha value is -0.120. The molecule has 0 spiro atoms. The van der Waals surface area contributed by atoms with Gasteiger partial charge in [-0.3, -0.25) is 0 Å². The first kappa shape index (κ1) is 14.9. The Bertz CT molecular complexity index is 179. The normalized spacial score (nSPS) is 25.4. The van der Waals surface area contributed by atoms with Crippen molar-refractivity contribution in [1.82, 2.24) is 10.2 Å². The van der Waals surface area contributed by atoms with Crippen LogP contribution in [0.15, 0.2) is 0 Å². The average Bonchev–Trinajstić information content (AvgIpc) is 2.37. The number of aliphatic hydroxyl groups excluding tert-OH is 1. The van der Waals surface area contributed by atoms with E-state index in [9.17, 15) is 0 Å². The monoisotopic (exact) mass is 242 g/mol. The fraction of sp³-hybridized carbons (Fsp3) is 1.00. The minimum Gasteiger partial charge on any atom is -0.395 e. The van der Waals surface area contributed by atoms with Crippen molar-refractivity contribution in [2.24, 2.45) is 11.8 Å². The van der Waals surface area contributed by atoms with Crippen LogP contribution in [0.3, 0.4) is 0 Å².